The van der Waals surface area contributed by atoms with Crippen molar-refractivity contribution in [2.24, 2.45) is 11.0 Å². The van der Waals surface area contributed by atoms with Gasteiger partial charge in [0.25, 0.3) is 11.6 Å². The average Bonchev–Trinajstić information content (AvgIpc) is 2.92. The molecule has 1 fully saturated rings. The monoisotopic (exact) mass is 404 g/mol. The van der Waals surface area contributed by atoms with E-state index >= 15 is 0 Å². The van der Waals surface area contributed by atoms with Crippen LogP contribution in [-0.2, 0) is 4.79 Å². The van der Waals surface area contributed by atoms with Gasteiger partial charge in [0.1, 0.15) is 5.75 Å². The molecule has 1 heterocycles. The summed E-state index contributed by atoms with van der Waals surface area (Å²) in [6, 6.07) is 3.18. The third-order valence-corrected chi connectivity index (χ3v) is 5.64. The Labute approximate surface area is 159 Å². The molecule has 3 rings (SSSR count). The summed E-state index contributed by atoms with van der Waals surface area (Å²) in [6.07, 6.45) is -3.32. The summed E-state index contributed by atoms with van der Waals surface area (Å²) in [5, 5.41) is 15.0. The number of aryl methyl sites for hydroxylation is 2. The standard InChI is InChI=1S/C18H20ClF3N2O3/c1-10-7-12(8-11(2)16(10)19)27-9-15(25)24-17(26,18(20,21)22)13-5-3-4-6-14(13)23-24/h7-8,13,26H,3-6,9H2,1-2H3/t13-,17-/m0/s1. The highest BCUT2D eigenvalue weighted by Gasteiger charge is 2.68. The van der Waals surface area contributed by atoms with Crippen LogP contribution in [-0.4, -0.2) is 40.2 Å². The molecular formula is C18H20ClF3N2O3. The minimum Gasteiger partial charge on any atom is -0.484 e. The van der Waals surface area contributed by atoms with E-state index in [0.29, 0.717) is 30.0 Å². The number of carbonyl (C=O) groups excluding carboxylic acids is 1. The molecule has 5 nitrogen and oxygen atoms in total. The van der Waals surface area contributed by atoms with E-state index < -0.39 is 30.3 Å². The largest absolute Gasteiger partial charge is 0.484 e. The fraction of sp³-hybridized carbons (Fsp3) is 0.556. The summed E-state index contributed by atoms with van der Waals surface area (Å²) in [7, 11) is 0. The molecule has 1 aromatic carbocycles. The molecule has 0 radical (unpaired) electrons. The highest BCUT2D eigenvalue weighted by molar-refractivity contribution is 6.32. The van der Waals surface area contributed by atoms with Crippen molar-refractivity contribution >= 4 is 23.2 Å². The van der Waals surface area contributed by atoms with E-state index in [4.69, 9.17) is 16.3 Å². The van der Waals surface area contributed by atoms with Crippen LogP contribution in [0.1, 0.15) is 36.8 Å². The number of carbonyl (C=O) groups is 1. The van der Waals surface area contributed by atoms with Gasteiger partial charge in [-0.15, -0.1) is 0 Å². The van der Waals surface area contributed by atoms with Gasteiger partial charge in [-0.2, -0.15) is 23.3 Å². The van der Waals surface area contributed by atoms with Crippen LogP contribution < -0.4 is 4.74 Å². The Kier molecular flexibility index (Phi) is 5.16. The van der Waals surface area contributed by atoms with Crippen LogP contribution in [0.4, 0.5) is 13.2 Å². The van der Waals surface area contributed by atoms with Crippen LogP contribution in [0.2, 0.25) is 5.02 Å². The molecule has 0 saturated heterocycles. The third kappa shape index (κ3) is 3.40. The molecule has 27 heavy (non-hydrogen) atoms. The predicted molar refractivity (Wildman–Crippen MR) is 93.7 cm³/mol. The fourth-order valence-corrected chi connectivity index (χ4v) is 3.77. The lowest BCUT2D eigenvalue weighted by Crippen LogP contribution is -2.62. The second-order valence-corrected chi connectivity index (χ2v) is 7.36. The van der Waals surface area contributed by atoms with Gasteiger partial charge >= 0.3 is 6.18 Å². The Hall–Kier alpha value is -1.80. The maximum Gasteiger partial charge on any atom is 0.439 e. The molecule has 2 atom stereocenters. The Morgan fingerprint density at radius 2 is 2.00 bits per heavy atom. The lowest BCUT2D eigenvalue weighted by atomic mass is 9.80. The molecule has 0 aromatic heterocycles. The second kappa shape index (κ2) is 6.98. The summed E-state index contributed by atoms with van der Waals surface area (Å²) < 4.78 is 46.4. The quantitative estimate of drug-likeness (QED) is 0.829. The van der Waals surface area contributed by atoms with Crippen molar-refractivity contribution in [2.75, 3.05) is 6.61 Å². The molecule has 0 bridgehead atoms. The first-order chi connectivity index (χ1) is 12.6. The summed E-state index contributed by atoms with van der Waals surface area (Å²) in [5.41, 5.74) is -1.67. The highest BCUT2D eigenvalue weighted by atomic mass is 35.5. The van der Waals surface area contributed by atoms with Gasteiger partial charge in [0, 0.05) is 10.7 Å². The summed E-state index contributed by atoms with van der Waals surface area (Å²) >= 11 is 6.07. The summed E-state index contributed by atoms with van der Waals surface area (Å²) in [4.78, 5) is 12.5. The van der Waals surface area contributed by atoms with E-state index in [1.165, 1.54) is 0 Å². The van der Waals surface area contributed by atoms with Crippen molar-refractivity contribution in [3.05, 3.63) is 28.3 Å². The normalized spacial score (nSPS) is 25.2. The number of nitrogens with zero attached hydrogens (tertiary/aromatic N) is 2. The number of halogens is 4. The minimum absolute atomic E-state index is 0.134. The van der Waals surface area contributed by atoms with Crippen molar-refractivity contribution < 1.29 is 27.8 Å². The molecule has 148 valence electrons. The first kappa shape index (κ1) is 19.9. The van der Waals surface area contributed by atoms with E-state index in [0.717, 1.165) is 11.1 Å². The number of hydrogen-bond donors (Lipinski definition) is 1. The van der Waals surface area contributed by atoms with E-state index in [1.54, 1.807) is 26.0 Å². The van der Waals surface area contributed by atoms with Crippen molar-refractivity contribution in [3.63, 3.8) is 0 Å². The van der Waals surface area contributed by atoms with Crippen LogP contribution >= 0.6 is 11.6 Å². The first-order valence-corrected chi connectivity index (χ1v) is 9.02. The molecule has 0 spiro atoms. The summed E-state index contributed by atoms with van der Waals surface area (Å²) in [5.74, 6) is -1.97. The maximum absolute atomic E-state index is 13.7. The Bertz CT molecular complexity index is 774. The topological polar surface area (TPSA) is 62.1 Å². The molecule has 1 N–H and O–H groups in total. The number of benzene rings is 1. The van der Waals surface area contributed by atoms with E-state index in [2.05, 4.69) is 5.10 Å². The number of aliphatic hydroxyl groups is 1. The molecule has 0 unspecified atom stereocenters. The van der Waals surface area contributed by atoms with Crippen LogP contribution in [0.15, 0.2) is 17.2 Å². The average molecular weight is 405 g/mol. The molecule has 1 aliphatic heterocycles. The number of ether oxygens (including phenoxy) is 1. The van der Waals surface area contributed by atoms with Crippen LogP contribution in [0.5, 0.6) is 5.75 Å². The Morgan fingerprint density at radius 1 is 1.37 bits per heavy atom. The van der Waals surface area contributed by atoms with E-state index in [-0.39, 0.29) is 17.1 Å². The van der Waals surface area contributed by atoms with Crippen LogP contribution in [0.3, 0.4) is 0 Å². The summed E-state index contributed by atoms with van der Waals surface area (Å²) in [6.45, 7) is 2.83. The molecule has 1 amide bonds. The number of fused-ring (bicyclic) bond motifs is 1. The number of alkyl halides is 3. The first-order valence-electron chi connectivity index (χ1n) is 8.64. The number of hydrazone groups is 1. The number of rotatable bonds is 3. The maximum atomic E-state index is 13.7. The van der Waals surface area contributed by atoms with E-state index in [1.807, 2.05) is 0 Å². The predicted octanol–water partition coefficient (Wildman–Crippen LogP) is 3.97. The lowest BCUT2D eigenvalue weighted by Gasteiger charge is -2.38. The molecule has 1 aliphatic carbocycles. The van der Waals surface area contributed by atoms with Gasteiger partial charge in [-0.3, -0.25) is 4.79 Å². The van der Waals surface area contributed by atoms with Gasteiger partial charge < -0.3 is 9.84 Å². The SMILES string of the molecule is Cc1cc(OCC(=O)N2N=C3CCCC[C@@H]3[C@]2(O)C(F)(F)F)cc(C)c1Cl. The van der Waals surface area contributed by atoms with Crippen molar-refractivity contribution in [1.82, 2.24) is 5.01 Å². The zero-order valence-corrected chi connectivity index (χ0v) is 15.7. The van der Waals surface area contributed by atoms with Gasteiger partial charge in [0.2, 0.25) is 0 Å². The van der Waals surface area contributed by atoms with Gasteiger partial charge in [-0.25, -0.2) is 0 Å². The molecular weight excluding hydrogens is 385 g/mol. The molecule has 1 saturated carbocycles. The number of hydrogen-bond acceptors (Lipinski definition) is 4. The zero-order chi connectivity index (χ0) is 20.0. The lowest BCUT2D eigenvalue weighted by molar-refractivity contribution is -0.317. The minimum atomic E-state index is -5.02. The number of amides is 1. The Balaban J connectivity index is 1.81. The van der Waals surface area contributed by atoms with Crippen molar-refractivity contribution in [3.8, 4) is 5.75 Å². The van der Waals surface area contributed by atoms with Crippen molar-refractivity contribution in [2.45, 2.75) is 51.4 Å². The van der Waals surface area contributed by atoms with Gasteiger partial charge in [0.15, 0.2) is 6.61 Å². The molecule has 2 aliphatic rings. The van der Waals surface area contributed by atoms with E-state index in [9.17, 15) is 23.1 Å². The smallest absolute Gasteiger partial charge is 0.439 e. The Morgan fingerprint density at radius 3 is 2.59 bits per heavy atom. The fourth-order valence-electron chi connectivity index (χ4n) is 3.66. The third-order valence-electron chi connectivity index (χ3n) is 5.04. The highest BCUT2D eigenvalue weighted by Crippen LogP contribution is 2.48. The molecule has 1 aromatic rings. The molecule has 9 heteroatoms. The van der Waals surface area contributed by atoms with Crippen LogP contribution in [0.25, 0.3) is 0 Å². The zero-order valence-electron chi connectivity index (χ0n) is 14.9. The van der Waals surface area contributed by atoms with Crippen molar-refractivity contribution in [1.29, 1.82) is 0 Å². The van der Waals surface area contributed by atoms with Gasteiger partial charge in [-0.1, -0.05) is 18.0 Å². The van der Waals surface area contributed by atoms with Gasteiger partial charge in [0.05, 0.1) is 5.92 Å². The van der Waals surface area contributed by atoms with Crippen LogP contribution in [0, 0.1) is 19.8 Å². The second-order valence-electron chi connectivity index (χ2n) is 6.98. The van der Waals surface area contributed by atoms with Gasteiger partial charge in [-0.05, 0) is 56.4 Å².